The highest BCUT2D eigenvalue weighted by Gasteiger charge is 2.27. The Bertz CT molecular complexity index is 719. The number of quaternary nitrogens is 1. The molecule has 6 heteroatoms. The van der Waals surface area contributed by atoms with Crippen LogP contribution in [0, 0.1) is 13.8 Å². The van der Waals surface area contributed by atoms with Crippen LogP contribution >= 0.6 is 11.6 Å². The lowest BCUT2D eigenvalue weighted by atomic mass is 10.1. The van der Waals surface area contributed by atoms with Gasteiger partial charge in [-0.1, -0.05) is 23.7 Å². The number of halogens is 1. The van der Waals surface area contributed by atoms with E-state index in [0.717, 1.165) is 48.8 Å². The number of pyridine rings is 1. The summed E-state index contributed by atoms with van der Waals surface area (Å²) in [5.41, 5.74) is 2.83. The van der Waals surface area contributed by atoms with Gasteiger partial charge in [0.15, 0.2) is 6.54 Å². The Hall–Kier alpha value is -2.11. The van der Waals surface area contributed by atoms with Crippen molar-refractivity contribution in [1.29, 1.82) is 0 Å². The average molecular weight is 361 g/mol. The minimum Gasteiger partial charge on any atom is -0.321 e. The summed E-state index contributed by atoms with van der Waals surface area (Å²) in [6.45, 7) is 8.19. The third-order valence-electron chi connectivity index (χ3n) is 4.61. The summed E-state index contributed by atoms with van der Waals surface area (Å²) in [6.07, 6.45) is 1.94. The third kappa shape index (κ3) is 4.50. The third-order valence-corrected chi connectivity index (χ3v) is 4.91. The highest BCUT2D eigenvalue weighted by Crippen LogP contribution is 2.27. The first-order chi connectivity index (χ1) is 12.0. The van der Waals surface area contributed by atoms with E-state index >= 15 is 0 Å². The lowest BCUT2D eigenvalue weighted by Gasteiger charge is -2.28. The largest absolute Gasteiger partial charge is 0.321 e. The highest BCUT2D eigenvalue weighted by atomic mass is 35.5. The number of anilines is 2. The molecular weight excluding hydrogens is 336 g/mol. The summed E-state index contributed by atoms with van der Waals surface area (Å²) in [7, 11) is 0. The van der Waals surface area contributed by atoms with Crippen LogP contribution in [0.1, 0.15) is 11.1 Å². The molecule has 3 rings (SSSR count). The Morgan fingerprint density at radius 1 is 1.28 bits per heavy atom. The van der Waals surface area contributed by atoms with E-state index in [0.29, 0.717) is 11.6 Å². The molecule has 2 heterocycles. The molecule has 1 fully saturated rings. The molecule has 0 aliphatic carbocycles. The van der Waals surface area contributed by atoms with E-state index in [1.807, 2.05) is 44.3 Å². The molecule has 1 aromatic heterocycles. The number of aryl methyl sites for hydroxylation is 2. The Morgan fingerprint density at radius 2 is 2.04 bits per heavy atom. The molecule has 132 valence electrons. The number of hydrogen-bond donors (Lipinski definition) is 2. The highest BCUT2D eigenvalue weighted by molar-refractivity contribution is 6.34. The minimum absolute atomic E-state index is 0.0172. The molecule has 3 N–H and O–H groups in total. The molecule has 1 amide bonds. The number of nitrogens with one attached hydrogen (secondary N) is 3. The second kappa shape index (κ2) is 7.85. The number of hydrogen-bond acceptors (Lipinski definition) is 2. The van der Waals surface area contributed by atoms with Gasteiger partial charge >= 0.3 is 0 Å². The molecule has 0 atom stereocenters. The van der Waals surface area contributed by atoms with Gasteiger partial charge in [0.05, 0.1) is 16.9 Å². The van der Waals surface area contributed by atoms with E-state index in [1.165, 1.54) is 4.90 Å². The monoisotopic (exact) mass is 360 g/mol. The maximum Gasteiger partial charge on any atom is 0.279 e. The lowest BCUT2D eigenvalue weighted by molar-refractivity contribution is -0.892. The number of aromatic amines is 1. The fourth-order valence-corrected chi connectivity index (χ4v) is 3.67. The summed E-state index contributed by atoms with van der Waals surface area (Å²) in [5.74, 6) is 1.15. The number of aromatic nitrogens is 1. The van der Waals surface area contributed by atoms with Crippen LogP contribution < -0.4 is 20.1 Å². The van der Waals surface area contributed by atoms with Crippen LogP contribution in [0.3, 0.4) is 0 Å². The smallest absolute Gasteiger partial charge is 0.279 e. The number of rotatable bonds is 4. The zero-order valence-corrected chi connectivity index (χ0v) is 15.5. The number of amides is 1. The number of nitrogens with zero attached hydrogens (tertiary/aromatic N) is 1. The van der Waals surface area contributed by atoms with Crippen LogP contribution in [-0.2, 0) is 4.79 Å². The molecular formula is C19H25ClN4O+2. The maximum absolute atomic E-state index is 12.4. The van der Waals surface area contributed by atoms with Crippen molar-refractivity contribution >= 4 is 29.0 Å². The van der Waals surface area contributed by atoms with Gasteiger partial charge < -0.3 is 10.2 Å². The number of H-pyrrole nitrogens is 1. The van der Waals surface area contributed by atoms with Gasteiger partial charge in [-0.25, -0.2) is 4.98 Å². The second-order valence-corrected chi connectivity index (χ2v) is 7.06. The Morgan fingerprint density at radius 3 is 2.68 bits per heavy atom. The predicted molar refractivity (Wildman–Crippen MR) is 100 cm³/mol. The van der Waals surface area contributed by atoms with E-state index in [2.05, 4.69) is 21.3 Å². The minimum atomic E-state index is 0.0172. The predicted octanol–water partition coefficient (Wildman–Crippen LogP) is 1.11. The average Bonchev–Trinajstić information content (AvgIpc) is 2.59. The molecule has 1 aliphatic rings. The summed E-state index contributed by atoms with van der Waals surface area (Å²) in [6, 6.07) is 10.0. The van der Waals surface area contributed by atoms with Crippen molar-refractivity contribution in [2.24, 2.45) is 0 Å². The van der Waals surface area contributed by atoms with Gasteiger partial charge in [-0.15, -0.1) is 0 Å². The molecule has 1 saturated heterocycles. The normalized spacial score (nSPS) is 15.2. The Balaban J connectivity index is 1.53. The SMILES string of the molecule is Cc1cc(C)c(NC(=O)C[NH+]2CCN(c3cccc[nH+]3)CC2)c(Cl)c1. The van der Waals surface area contributed by atoms with E-state index in [-0.39, 0.29) is 5.91 Å². The summed E-state index contributed by atoms with van der Waals surface area (Å²) in [5, 5.41) is 3.59. The van der Waals surface area contributed by atoms with Crippen molar-refractivity contribution in [2.75, 3.05) is 42.9 Å². The van der Waals surface area contributed by atoms with Gasteiger partial charge in [-0.05, 0) is 37.1 Å². The van der Waals surface area contributed by atoms with Crippen LogP contribution in [0.5, 0.6) is 0 Å². The Kier molecular flexibility index (Phi) is 5.56. The van der Waals surface area contributed by atoms with Crippen LogP contribution in [0.25, 0.3) is 0 Å². The first kappa shape index (κ1) is 17.7. The zero-order valence-electron chi connectivity index (χ0n) is 14.7. The first-order valence-corrected chi connectivity index (χ1v) is 9.02. The lowest BCUT2D eigenvalue weighted by Crippen LogP contribution is -3.15. The maximum atomic E-state index is 12.4. The van der Waals surface area contributed by atoms with Crippen molar-refractivity contribution in [2.45, 2.75) is 13.8 Å². The van der Waals surface area contributed by atoms with E-state index < -0.39 is 0 Å². The number of carbonyl (C=O) groups is 1. The zero-order chi connectivity index (χ0) is 17.8. The standard InChI is InChI=1S/C19H23ClN4O/c1-14-11-15(2)19(16(20)12-14)22-18(25)13-23-7-9-24(10-8-23)17-5-3-4-6-21-17/h3-6,11-12H,7-10,13H2,1-2H3,(H,22,25)/p+2. The van der Waals surface area contributed by atoms with Crippen molar-refractivity contribution in [3.63, 3.8) is 0 Å². The number of benzene rings is 1. The Labute approximate surface area is 153 Å². The summed E-state index contributed by atoms with van der Waals surface area (Å²) in [4.78, 5) is 19.3. The van der Waals surface area contributed by atoms with E-state index in [9.17, 15) is 4.79 Å². The molecule has 25 heavy (non-hydrogen) atoms. The van der Waals surface area contributed by atoms with Gasteiger partial charge in [-0.2, -0.15) is 0 Å². The van der Waals surface area contributed by atoms with Crippen LogP contribution in [0.4, 0.5) is 11.5 Å². The molecule has 0 unspecified atom stereocenters. The van der Waals surface area contributed by atoms with Crippen molar-refractivity contribution in [1.82, 2.24) is 0 Å². The molecule has 0 radical (unpaired) electrons. The summed E-state index contributed by atoms with van der Waals surface area (Å²) >= 11 is 6.28. The van der Waals surface area contributed by atoms with Crippen molar-refractivity contribution in [3.8, 4) is 0 Å². The first-order valence-electron chi connectivity index (χ1n) is 8.65. The van der Waals surface area contributed by atoms with Gasteiger partial charge in [0, 0.05) is 6.07 Å². The quantitative estimate of drug-likeness (QED) is 0.858. The summed E-state index contributed by atoms with van der Waals surface area (Å²) < 4.78 is 0. The number of piperazine rings is 1. The molecule has 0 saturated carbocycles. The van der Waals surface area contributed by atoms with Gasteiger partial charge in [0.2, 0.25) is 0 Å². The van der Waals surface area contributed by atoms with Gasteiger partial charge in [0.1, 0.15) is 26.2 Å². The van der Waals surface area contributed by atoms with E-state index in [4.69, 9.17) is 11.6 Å². The molecule has 1 aliphatic heterocycles. The van der Waals surface area contributed by atoms with Crippen LogP contribution in [0.2, 0.25) is 5.02 Å². The second-order valence-electron chi connectivity index (χ2n) is 6.65. The fourth-order valence-electron chi connectivity index (χ4n) is 3.31. The van der Waals surface area contributed by atoms with Crippen LogP contribution in [-0.4, -0.2) is 38.6 Å². The topological polar surface area (TPSA) is 50.9 Å². The fraction of sp³-hybridized carbons (Fsp3) is 0.368. The molecule has 0 bridgehead atoms. The molecule has 2 aromatic rings. The molecule has 1 aromatic carbocycles. The van der Waals surface area contributed by atoms with Crippen molar-refractivity contribution in [3.05, 3.63) is 52.7 Å². The molecule has 5 nitrogen and oxygen atoms in total. The van der Waals surface area contributed by atoms with E-state index in [1.54, 1.807) is 0 Å². The van der Waals surface area contributed by atoms with Gasteiger partial charge in [-0.3, -0.25) is 9.69 Å². The molecule has 0 spiro atoms. The number of carbonyl (C=O) groups excluding carboxylic acids is 1. The van der Waals surface area contributed by atoms with Crippen LogP contribution in [0.15, 0.2) is 36.5 Å². The van der Waals surface area contributed by atoms with Crippen molar-refractivity contribution < 1.29 is 14.7 Å². The van der Waals surface area contributed by atoms with Gasteiger partial charge in [0.25, 0.3) is 11.7 Å².